The van der Waals surface area contributed by atoms with E-state index in [4.69, 9.17) is 16.3 Å². The summed E-state index contributed by atoms with van der Waals surface area (Å²) in [4.78, 5) is 32.3. The third-order valence-electron chi connectivity index (χ3n) is 5.80. The highest BCUT2D eigenvalue weighted by Crippen LogP contribution is 2.34. The maximum absolute atomic E-state index is 13.0. The number of aliphatic imine (C=N–C) groups is 1. The number of esters is 1. The van der Waals surface area contributed by atoms with E-state index in [1.165, 1.54) is 0 Å². The van der Waals surface area contributed by atoms with E-state index in [0.717, 1.165) is 42.3 Å². The van der Waals surface area contributed by atoms with E-state index in [9.17, 15) is 9.59 Å². The Labute approximate surface area is 191 Å². The molecule has 32 heavy (non-hydrogen) atoms. The van der Waals surface area contributed by atoms with Gasteiger partial charge in [-0.05, 0) is 36.4 Å². The molecule has 0 spiro atoms. The molecule has 3 aromatic rings. The van der Waals surface area contributed by atoms with Gasteiger partial charge in [-0.3, -0.25) is 9.69 Å². The summed E-state index contributed by atoms with van der Waals surface area (Å²) in [6.07, 6.45) is 5.64. The van der Waals surface area contributed by atoms with Crippen LogP contribution >= 0.6 is 11.6 Å². The Morgan fingerprint density at radius 2 is 1.81 bits per heavy atom. The van der Waals surface area contributed by atoms with E-state index in [1.807, 2.05) is 36.4 Å². The molecule has 3 aromatic carbocycles. The van der Waals surface area contributed by atoms with Crippen molar-refractivity contribution in [2.24, 2.45) is 4.99 Å². The molecule has 0 bridgehead atoms. The van der Waals surface area contributed by atoms with Crippen molar-refractivity contribution in [2.75, 3.05) is 6.54 Å². The Bertz CT molecular complexity index is 1300. The number of rotatable bonds is 3. The van der Waals surface area contributed by atoms with Gasteiger partial charge in [-0.1, -0.05) is 66.6 Å². The number of hydrogen-bond acceptors (Lipinski definition) is 4. The SMILES string of the molecule is O=C(Oc1c(C=C2N=C3CCCCCN3C2=O)ccc2ccccc12)c1ccccc1Cl. The Balaban J connectivity index is 1.58. The molecule has 160 valence electrons. The van der Waals surface area contributed by atoms with E-state index < -0.39 is 5.97 Å². The molecule has 0 aromatic heterocycles. The summed E-state index contributed by atoms with van der Waals surface area (Å²) in [5.74, 6) is 0.563. The molecule has 0 atom stereocenters. The van der Waals surface area contributed by atoms with Crippen LogP contribution in [-0.2, 0) is 4.79 Å². The molecule has 1 saturated heterocycles. The van der Waals surface area contributed by atoms with Crippen LogP contribution in [-0.4, -0.2) is 29.2 Å². The Morgan fingerprint density at radius 3 is 2.69 bits per heavy atom. The van der Waals surface area contributed by atoms with Gasteiger partial charge in [0.2, 0.25) is 0 Å². The molecular formula is C26H21ClN2O3. The number of nitrogens with zero attached hydrogens (tertiary/aromatic N) is 2. The van der Waals surface area contributed by atoms with Gasteiger partial charge in [0, 0.05) is 23.9 Å². The van der Waals surface area contributed by atoms with E-state index in [0.29, 0.717) is 28.6 Å². The fourth-order valence-corrected chi connectivity index (χ4v) is 4.37. The lowest BCUT2D eigenvalue weighted by Gasteiger charge is -2.14. The van der Waals surface area contributed by atoms with Gasteiger partial charge in [0.15, 0.2) is 0 Å². The molecule has 6 heteroatoms. The lowest BCUT2D eigenvalue weighted by molar-refractivity contribution is -0.122. The topological polar surface area (TPSA) is 59.0 Å². The Kier molecular flexibility index (Phi) is 5.50. The summed E-state index contributed by atoms with van der Waals surface area (Å²) in [5.41, 5.74) is 1.27. The smallest absolute Gasteiger partial charge is 0.345 e. The molecule has 0 unspecified atom stereocenters. The molecule has 5 rings (SSSR count). The summed E-state index contributed by atoms with van der Waals surface area (Å²) < 4.78 is 5.87. The Morgan fingerprint density at radius 1 is 1.00 bits per heavy atom. The van der Waals surface area contributed by atoms with E-state index in [2.05, 4.69) is 4.99 Å². The van der Waals surface area contributed by atoms with Crippen LogP contribution in [0.1, 0.15) is 41.6 Å². The van der Waals surface area contributed by atoms with Gasteiger partial charge in [0.05, 0.1) is 10.6 Å². The number of hydrogen-bond donors (Lipinski definition) is 0. The maximum atomic E-state index is 13.0. The normalized spacial score (nSPS) is 17.3. The van der Waals surface area contributed by atoms with Crippen molar-refractivity contribution >= 4 is 46.2 Å². The minimum Gasteiger partial charge on any atom is -0.422 e. The van der Waals surface area contributed by atoms with Crippen LogP contribution in [0.4, 0.5) is 0 Å². The molecule has 0 radical (unpaired) electrons. The van der Waals surface area contributed by atoms with Gasteiger partial charge >= 0.3 is 5.97 Å². The largest absolute Gasteiger partial charge is 0.422 e. The predicted octanol–water partition coefficient (Wildman–Crippen LogP) is 5.87. The second kappa shape index (κ2) is 8.60. The molecule has 2 aliphatic rings. The number of amides is 1. The van der Waals surface area contributed by atoms with Crippen LogP contribution in [0.2, 0.25) is 5.02 Å². The number of carbonyl (C=O) groups excluding carboxylic acids is 2. The number of ether oxygens (including phenoxy) is 1. The Hall–Kier alpha value is -3.44. The van der Waals surface area contributed by atoms with Crippen molar-refractivity contribution in [2.45, 2.75) is 25.7 Å². The second-order valence-corrected chi connectivity index (χ2v) is 8.31. The highest BCUT2D eigenvalue weighted by molar-refractivity contribution is 6.33. The highest BCUT2D eigenvalue weighted by Gasteiger charge is 2.31. The summed E-state index contributed by atoms with van der Waals surface area (Å²) in [7, 11) is 0. The first kappa shape index (κ1) is 20.5. The maximum Gasteiger partial charge on any atom is 0.345 e. The average Bonchev–Trinajstić information content (AvgIpc) is 2.96. The zero-order chi connectivity index (χ0) is 22.1. The second-order valence-electron chi connectivity index (χ2n) is 7.90. The third-order valence-corrected chi connectivity index (χ3v) is 6.13. The standard InChI is InChI=1S/C26H21ClN2O3/c27-21-11-6-5-10-20(21)26(31)32-24-18(14-13-17-8-3-4-9-19(17)24)16-22-25(30)29-15-7-1-2-12-23(29)28-22/h3-6,8-11,13-14,16H,1-2,7,12,15H2. The fourth-order valence-electron chi connectivity index (χ4n) is 4.16. The first-order valence-electron chi connectivity index (χ1n) is 10.7. The number of halogens is 1. The molecule has 5 nitrogen and oxygen atoms in total. The third kappa shape index (κ3) is 3.80. The van der Waals surface area contributed by atoms with E-state index >= 15 is 0 Å². The molecule has 1 fully saturated rings. The van der Waals surface area contributed by atoms with Crippen molar-refractivity contribution in [3.63, 3.8) is 0 Å². The average molecular weight is 445 g/mol. The fraction of sp³-hybridized carbons (Fsp3) is 0.192. The number of benzene rings is 3. The van der Waals surface area contributed by atoms with Crippen molar-refractivity contribution in [1.29, 1.82) is 0 Å². The van der Waals surface area contributed by atoms with Gasteiger partial charge in [0.1, 0.15) is 17.3 Å². The van der Waals surface area contributed by atoms with Crippen LogP contribution < -0.4 is 4.74 Å². The van der Waals surface area contributed by atoms with Gasteiger partial charge in [-0.15, -0.1) is 0 Å². The lowest BCUT2D eigenvalue weighted by Crippen LogP contribution is -2.31. The van der Waals surface area contributed by atoms with E-state index in [-0.39, 0.29) is 11.5 Å². The molecule has 2 heterocycles. The predicted molar refractivity (Wildman–Crippen MR) is 126 cm³/mol. The van der Waals surface area contributed by atoms with Crippen LogP contribution in [0.25, 0.3) is 16.8 Å². The van der Waals surface area contributed by atoms with Crippen molar-refractivity contribution in [3.8, 4) is 5.75 Å². The lowest BCUT2D eigenvalue weighted by atomic mass is 10.0. The van der Waals surface area contributed by atoms with Crippen molar-refractivity contribution in [1.82, 2.24) is 4.90 Å². The highest BCUT2D eigenvalue weighted by atomic mass is 35.5. The number of amidine groups is 1. The summed E-state index contributed by atoms with van der Waals surface area (Å²) in [6, 6.07) is 18.2. The minimum atomic E-state index is -0.551. The van der Waals surface area contributed by atoms with E-state index in [1.54, 1.807) is 35.2 Å². The van der Waals surface area contributed by atoms with Crippen LogP contribution in [0, 0.1) is 0 Å². The monoisotopic (exact) mass is 444 g/mol. The van der Waals surface area contributed by atoms with Gasteiger partial charge in [0.25, 0.3) is 5.91 Å². The summed E-state index contributed by atoms with van der Waals surface area (Å²) in [5, 5.41) is 2.02. The number of fused-ring (bicyclic) bond motifs is 2. The van der Waals surface area contributed by atoms with Gasteiger partial charge in [-0.2, -0.15) is 0 Å². The van der Waals surface area contributed by atoms with Crippen molar-refractivity contribution in [3.05, 3.63) is 82.5 Å². The first-order chi connectivity index (χ1) is 15.6. The zero-order valence-corrected chi connectivity index (χ0v) is 18.1. The molecule has 1 amide bonds. The summed E-state index contributed by atoms with van der Waals surface area (Å²) >= 11 is 6.20. The van der Waals surface area contributed by atoms with Crippen LogP contribution in [0.15, 0.2) is 71.4 Å². The molecule has 2 aliphatic heterocycles. The first-order valence-corrected chi connectivity index (χ1v) is 11.1. The quantitative estimate of drug-likeness (QED) is 0.288. The molecule has 0 aliphatic carbocycles. The molecular weight excluding hydrogens is 424 g/mol. The minimum absolute atomic E-state index is 0.0987. The van der Waals surface area contributed by atoms with Crippen LogP contribution in [0.3, 0.4) is 0 Å². The van der Waals surface area contributed by atoms with Gasteiger partial charge < -0.3 is 4.74 Å². The molecule has 0 saturated carbocycles. The van der Waals surface area contributed by atoms with Crippen LogP contribution in [0.5, 0.6) is 5.75 Å². The summed E-state index contributed by atoms with van der Waals surface area (Å²) in [6.45, 7) is 0.696. The zero-order valence-electron chi connectivity index (χ0n) is 17.4. The number of carbonyl (C=O) groups is 2. The van der Waals surface area contributed by atoms with Gasteiger partial charge in [-0.25, -0.2) is 9.79 Å². The molecule has 0 N–H and O–H groups in total. The van der Waals surface area contributed by atoms with Crippen molar-refractivity contribution < 1.29 is 14.3 Å².